The minimum atomic E-state index is -0.308. The maximum absolute atomic E-state index is 6.42. The van der Waals surface area contributed by atoms with Gasteiger partial charge in [-0.3, -0.25) is 0 Å². The van der Waals surface area contributed by atoms with Gasteiger partial charge in [0.2, 0.25) is 0 Å². The molecule has 5 heteroatoms. The van der Waals surface area contributed by atoms with Gasteiger partial charge in [0.05, 0.1) is 17.6 Å². The molecular weight excluding hydrogens is 405 g/mol. The van der Waals surface area contributed by atoms with Crippen LogP contribution in [0, 0.1) is 6.92 Å². The van der Waals surface area contributed by atoms with E-state index < -0.39 is 0 Å². The molecule has 20 heavy (non-hydrogen) atoms. The monoisotopic (exact) mass is 417 g/mol. The van der Waals surface area contributed by atoms with Crippen molar-refractivity contribution < 1.29 is 4.74 Å². The number of rotatable bonds is 3. The Labute approximate surface area is 140 Å². The first-order chi connectivity index (χ1) is 9.45. The Hall–Kier alpha value is -0.550. The first kappa shape index (κ1) is 15.8. The number of methoxy groups -OCH3 is 1. The van der Waals surface area contributed by atoms with Gasteiger partial charge in [-0.15, -0.1) is 0 Å². The van der Waals surface area contributed by atoms with Crippen molar-refractivity contribution in [1.82, 2.24) is 0 Å². The fourth-order valence-corrected chi connectivity index (χ4v) is 3.53. The lowest BCUT2D eigenvalue weighted by Crippen LogP contribution is -2.15. The number of hydrogen-bond acceptors (Lipinski definition) is 2. The maximum Gasteiger partial charge on any atom is 0.138 e. The molecule has 2 aromatic rings. The largest absolute Gasteiger partial charge is 0.495 e. The van der Waals surface area contributed by atoms with Crippen LogP contribution < -0.4 is 10.5 Å². The van der Waals surface area contributed by atoms with Crippen LogP contribution in [0.2, 0.25) is 5.02 Å². The highest BCUT2D eigenvalue weighted by molar-refractivity contribution is 9.10. The molecule has 0 fully saturated rings. The fourth-order valence-electron chi connectivity index (χ4n) is 2.16. The van der Waals surface area contributed by atoms with Crippen molar-refractivity contribution in [3.8, 4) is 5.75 Å². The van der Waals surface area contributed by atoms with Crippen LogP contribution in [-0.4, -0.2) is 7.11 Å². The molecule has 0 aliphatic heterocycles. The van der Waals surface area contributed by atoms with Crippen molar-refractivity contribution in [2.75, 3.05) is 7.11 Å². The first-order valence-corrected chi connectivity index (χ1v) is 7.95. The van der Waals surface area contributed by atoms with E-state index in [1.807, 2.05) is 31.2 Å². The Bertz CT molecular complexity index is 646. The predicted molar refractivity (Wildman–Crippen MR) is 90.6 cm³/mol. The zero-order valence-corrected chi connectivity index (χ0v) is 15.0. The molecule has 1 unspecified atom stereocenters. The minimum absolute atomic E-state index is 0.308. The van der Waals surface area contributed by atoms with Crippen molar-refractivity contribution in [1.29, 1.82) is 0 Å². The molecule has 0 heterocycles. The summed E-state index contributed by atoms with van der Waals surface area (Å²) < 4.78 is 7.28. The highest BCUT2D eigenvalue weighted by atomic mass is 79.9. The summed E-state index contributed by atoms with van der Waals surface area (Å²) in [7, 11) is 1.62. The van der Waals surface area contributed by atoms with E-state index in [0.717, 1.165) is 25.6 Å². The standard InChI is InChI=1S/C15H14Br2ClNO/c1-8-10(4-3-5-12(8)16)14(19)11-6-9(18)7-13(17)15(11)20-2/h3-7,14H,19H2,1-2H3. The van der Waals surface area contributed by atoms with E-state index in [0.29, 0.717) is 10.8 Å². The zero-order valence-electron chi connectivity index (χ0n) is 11.1. The lowest BCUT2D eigenvalue weighted by Gasteiger charge is -2.20. The van der Waals surface area contributed by atoms with E-state index in [4.69, 9.17) is 22.1 Å². The van der Waals surface area contributed by atoms with Crippen LogP contribution in [0.15, 0.2) is 39.3 Å². The van der Waals surface area contributed by atoms with E-state index in [9.17, 15) is 0 Å². The molecule has 0 saturated carbocycles. The van der Waals surface area contributed by atoms with Gasteiger partial charge < -0.3 is 10.5 Å². The number of hydrogen-bond donors (Lipinski definition) is 1. The normalized spacial score (nSPS) is 12.3. The zero-order chi connectivity index (χ0) is 14.9. The quantitative estimate of drug-likeness (QED) is 0.739. The summed E-state index contributed by atoms with van der Waals surface area (Å²) in [6, 6.07) is 9.31. The summed E-state index contributed by atoms with van der Waals surface area (Å²) in [5.41, 5.74) is 9.42. The number of nitrogens with two attached hydrogens (primary N) is 1. The van der Waals surface area contributed by atoms with E-state index in [1.54, 1.807) is 13.2 Å². The molecule has 0 radical (unpaired) electrons. The summed E-state index contributed by atoms with van der Waals surface area (Å²) in [4.78, 5) is 0. The van der Waals surface area contributed by atoms with Crippen molar-refractivity contribution >= 4 is 43.5 Å². The van der Waals surface area contributed by atoms with E-state index in [1.165, 1.54) is 0 Å². The Kier molecular flexibility index (Phi) is 5.13. The van der Waals surface area contributed by atoms with Crippen molar-refractivity contribution in [3.05, 3.63) is 61.0 Å². The van der Waals surface area contributed by atoms with Gasteiger partial charge in [-0.2, -0.15) is 0 Å². The molecule has 0 spiro atoms. The van der Waals surface area contributed by atoms with E-state index in [2.05, 4.69) is 31.9 Å². The lowest BCUT2D eigenvalue weighted by molar-refractivity contribution is 0.405. The summed E-state index contributed by atoms with van der Waals surface area (Å²) in [6.45, 7) is 2.03. The minimum Gasteiger partial charge on any atom is -0.495 e. The average molecular weight is 420 g/mol. The lowest BCUT2D eigenvalue weighted by atomic mass is 9.95. The Morgan fingerprint density at radius 3 is 2.50 bits per heavy atom. The number of ether oxygens (including phenoxy) is 1. The second-order valence-electron chi connectivity index (χ2n) is 4.44. The number of benzene rings is 2. The van der Waals surface area contributed by atoms with Gasteiger partial charge in [0.15, 0.2) is 0 Å². The van der Waals surface area contributed by atoms with Crippen LogP contribution in [0.25, 0.3) is 0 Å². The average Bonchev–Trinajstić information content (AvgIpc) is 2.40. The van der Waals surface area contributed by atoms with Crippen LogP contribution in [0.4, 0.5) is 0 Å². The smallest absolute Gasteiger partial charge is 0.138 e. The Morgan fingerprint density at radius 2 is 1.85 bits per heavy atom. The van der Waals surface area contributed by atoms with Gasteiger partial charge in [-0.25, -0.2) is 0 Å². The Morgan fingerprint density at radius 1 is 1.15 bits per heavy atom. The van der Waals surface area contributed by atoms with Crippen LogP contribution in [-0.2, 0) is 0 Å². The van der Waals surface area contributed by atoms with Crippen LogP contribution >= 0.6 is 43.5 Å². The van der Waals surface area contributed by atoms with Gasteiger partial charge in [-0.05, 0) is 52.2 Å². The maximum atomic E-state index is 6.42. The topological polar surface area (TPSA) is 35.2 Å². The summed E-state index contributed by atoms with van der Waals surface area (Å²) in [6.07, 6.45) is 0. The van der Waals surface area contributed by atoms with Gasteiger partial charge in [-0.1, -0.05) is 39.7 Å². The summed E-state index contributed by atoms with van der Waals surface area (Å²) >= 11 is 13.1. The molecule has 0 bridgehead atoms. The molecule has 0 aromatic heterocycles. The predicted octanol–water partition coefficient (Wildman–Crippen LogP) is 5.23. The van der Waals surface area contributed by atoms with Gasteiger partial charge in [0.1, 0.15) is 5.75 Å². The SMILES string of the molecule is COc1c(Br)cc(Cl)cc1C(N)c1cccc(Br)c1C. The van der Waals surface area contributed by atoms with Gasteiger partial charge in [0, 0.05) is 15.1 Å². The third-order valence-corrected chi connectivity index (χ3v) is 4.89. The van der Waals surface area contributed by atoms with Crippen molar-refractivity contribution in [2.24, 2.45) is 5.73 Å². The molecule has 106 valence electrons. The second-order valence-corrected chi connectivity index (χ2v) is 6.59. The highest BCUT2D eigenvalue weighted by Crippen LogP contribution is 2.38. The Balaban J connectivity index is 2.58. The summed E-state index contributed by atoms with van der Waals surface area (Å²) in [5, 5.41) is 0.621. The van der Waals surface area contributed by atoms with Gasteiger partial charge in [0.25, 0.3) is 0 Å². The first-order valence-electron chi connectivity index (χ1n) is 5.99. The fraction of sp³-hybridized carbons (Fsp3) is 0.200. The molecule has 2 nitrogen and oxygen atoms in total. The third kappa shape index (κ3) is 3.03. The van der Waals surface area contributed by atoms with Crippen molar-refractivity contribution in [2.45, 2.75) is 13.0 Å². The third-order valence-electron chi connectivity index (χ3n) is 3.22. The van der Waals surface area contributed by atoms with E-state index in [-0.39, 0.29) is 6.04 Å². The molecule has 0 amide bonds. The second kappa shape index (κ2) is 6.48. The molecule has 1 atom stereocenters. The van der Waals surface area contributed by atoms with Crippen LogP contribution in [0.1, 0.15) is 22.7 Å². The highest BCUT2D eigenvalue weighted by Gasteiger charge is 2.19. The van der Waals surface area contributed by atoms with Crippen molar-refractivity contribution in [3.63, 3.8) is 0 Å². The molecule has 0 saturated heterocycles. The molecule has 0 aliphatic carbocycles. The molecule has 2 rings (SSSR count). The van der Waals surface area contributed by atoms with Gasteiger partial charge >= 0.3 is 0 Å². The van der Waals surface area contributed by atoms with Crippen LogP contribution in [0.5, 0.6) is 5.75 Å². The number of halogens is 3. The van der Waals surface area contributed by atoms with E-state index >= 15 is 0 Å². The molecule has 0 aliphatic rings. The molecular formula is C15H14Br2ClNO. The summed E-state index contributed by atoms with van der Waals surface area (Å²) in [5.74, 6) is 0.710. The van der Waals surface area contributed by atoms with Crippen LogP contribution in [0.3, 0.4) is 0 Å². The molecule has 2 N–H and O–H groups in total. The molecule has 2 aromatic carbocycles.